The first-order valence-corrected chi connectivity index (χ1v) is 11.4. The highest BCUT2D eigenvalue weighted by Gasteiger charge is 2.28. The fourth-order valence-electron chi connectivity index (χ4n) is 4.56. The molecule has 0 fully saturated rings. The Balaban J connectivity index is 1.37. The summed E-state index contributed by atoms with van der Waals surface area (Å²) in [6.45, 7) is 1.95. The number of carbonyl (C=O) groups is 3. The molecule has 5 rings (SSSR count). The molecular weight excluding hydrogens is 465 g/mol. The van der Waals surface area contributed by atoms with E-state index in [0.717, 1.165) is 16.7 Å². The van der Waals surface area contributed by atoms with Gasteiger partial charge in [-0.2, -0.15) is 5.10 Å². The number of hydrogen-bond acceptors (Lipinski definition) is 5. The van der Waals surface area contributed by atoms with Gasteiger partial charge in [-0.1, -0.05) is 18.2 Å². The van der Waals surface area contributed by atoms with E-state index in [0.29, 0.717) is 24.1 Å². The molecule has 0 radical (unpaired) electrons. The fourth-order valence-corrected chi connectivity index (χ4v) is 4.56. The van der Waals surface area contributed by atoms with Crippen molar-refractivity contribution in [2.45, 2.75) is 32.4 Å². The van der Waals surface area contributed by atoms with Crippen LogP contribution in [0, 0.1) is 12.7 Å². The second-order valence-electron chi connectivity index (χ2n) is 8.61. The summed E-state index contributed by atoms with van der Waals surface area (Å²) in [6, 6.07) is 11.7. The molecule has 2 aromatic carbocycles. The maximum atomic E-state index is 13.2. The predicted molar refractivity (Wildman–Crippen MR) is 127 cm³/mol. The lowest BCUT2D eigenvalue weighted by Gasteiger charge is -2.16. The van der Waals surface area contributed by atoms with Gasteiger partial charge in [0.2, 0.25) is 0 Å². The highest BCUT2D eigenvalue weighted by molar-refractivity contribution is 5.98. The molecule has 0 saturated heterocycles. The lowest BCUT2D eigenvalue weighted by atomic mass is 9.98. The molecule has 1 atom stereocenters. The van der Waals surface area contributed by atoms with Crippen LogP contribution in [0.5, 0.6) is 0 Å². The first-order chi connectivity index (χ1) is 17.3. The number of carboxylic acids is 1. The van der Waals surface area contributed by atoms with Crippen molar-refractivity contribution in [1.82, 2.24) is 25.2 Å². The monoisotopic (exact) mass is 487 g/mol. The standard InChI is InChI=1S/C26H22FN5O4/c1-14-17-8-9-20(19(17)7-6-18(14)26(35)36)31-24(33)21-12-22(32-23(30-21)10-11-29-32)25(34)28-13-15-2-4-16(27)5-3-15/h2-7,10-12,20H,8-9,13H2,1H3,(H,28,34)(H,31,33)(H,35,36)/t20-/m0/s1. The number of rotatable bonds is 6. The number of halogens is 1. The minimum absolute atomic E-state index is 0.0576. The quantitative estimate of drug-likeness (QED) is 0.384. The van der Waals surface area contributed by atoms with Crippen molar-refractivity contribution in [3.05, 3.63) is 99.8 Å². The Morgan fingerprint density at radius 3 is 2.64 bits per heavy atom. The molecule has 2 amide bonds. The molecule has 0 saturated carbocycles. The van der Waals surface area contributed by atoms with Crippen LogP contribution in [0.2, 0.25) is 0 Å². The summed E-state index contributed by atoms with van der Waals surface area (Å²) >= 11 is 0. The first kappa shape index (κ1) is 23.2. The zero-order valence-electron chi connectivity index (χ0n) is 19.3. The van der Waals surface area contributed by atoms with Crippen molar-refractivity contribution in [1.29, 1.82) is 0 Å². The van der Waals surface area contributed by atoms with Crippen LogP contribution in [-0.4, -0.2) is 37.5 Å². The molecule has 1 aliphatic rings. The second-order valence-corrected chi connectivity index (χ2v) is 8.61. The van der Waals surface area contributed by atoms with E-state index in [1.807, 2.05) is 0 Å². The predicted octanol–water partition coefficient (Wildman–Crippen LogP) is 3.22. The molecule has 1 aliphatic carbocycles. The molecular formula is C26H22FN5O4. The highest BCUT2D eigenvalue weighted by Crippen LogP contribution is 2.34. The van der Waals surface area contributed by atoms with Crippen LogP contribution in [0.3, 0.4) is 0 Å². The Morgan fingerprint density at radius 1 is 1.11 bits per heavy atom. The number of fused-ring (bicyclic) bond motifs is 2. The number of benzene rings is 2. The van der Waals surface area contributed by atoms with Crippen molar-refractivity contribution in [2.24, 2.45) is 0 Å². The van der Waals surface area contributed by atoms with Gasteiger partial charge in [0.25, 0.3) is 11.8 Å². The van der Waals surface area contributed by atoms with E-state index in [9.17, 15) is 23.9 Å². The van der Waals surface area contributed by atoms with Crippen LogP contribution in [0.1, 0.15) is 66.1 Å². The van der Waals surface area contributed by atoms with Gasteiger partial charge in [-0.05, 0) is 60.2 Å². The molecule has 182 valence electrons. The number of carbonyl (C=O) groups excluding carboxylic acids is 2. The van der Waals surface area contributed by atoms with Crippen molar-refractivity contribution in [3.63, 3.8) is 0 Å². The summed E-state index contributed by atoms with van der Waals surface area (Å²) in [6.07, 6.45) is 2.76. The van der Waals surface area contributed by atoms with Crippen LogP contribution in [0.15, 0.2) is 54.7 Å². The van der Waals surface area contributed by atoms with E-state index < -0.39 is 17.8 Å². The fraction of sp³-hybridized carbons (Fsp3) is 0.192. The molecule has 0 bridgehead atoms. The van der Waals surface area contributed by atoms with E-state index in [4.69, 9.17) is 0 Å². The summed E-state index contributed by atoms with van der Waals surface area (Å²) in [5, 5.41) is 19.2. The zero-order valence-corrected chi connectivity index (χ0v) is 19.3. The molecule has 0 spiro atoms. The number of amides is 2. The Hall–Kier alpha value is -4.60. The SMILES string of the molecule is Cc1c(C(=O)O)ccc2c1CC[C@@H]2NC(=O)c1cc(C(=O)NCc2ccc(F)cc2)n2nccc2n1. The van der Waals surface area contributed by atoms with Gasteiger partial charge in [0.15, 0.2) is 5.65 Å². The van der Waals surface area contributed by atoms with Crippen LogP contribution in [0.4, 0.5) is 4.39 Å². The molecule has 9 nitrogen and oxygen atoms in total. The lowest BCUT2D eigenvalue weighted by Crippen LogP contribution is -2.30. The molecule has 10 heteroatoms. The average Bonchev–Trinajstić information content (AvgIpc) is 3.50. The zero-order chi connectivity index (χ0) is 25.4. The van der Waals surface area contributed by atoms with Gasteiger partial charge >= 0.3 is 5.97 Å². The van der Waals surface area contributed by atoms with E-state index in [2.05, 4.69) is 20.7 Å². The first-order valence-electron chi connectivity index (χ1n) is 11.4. The summed E-state index contributed by atoms with van der Waals surface area (Å²) < 4.78 is 14.5. The third kappa shape index (κ3) is 4.28. The van der Waals surface area contributed by atoms with Crippen molar-refractivity contribution < 1.29 is 23.9 Å². The number of aromatic carboxylic acids is 1. The minimum atomic E-state index is -0.980. The number of hydrogen-bond donors (Lipinski definition) is 3. The van der Waals surface area contributed by atoms with Gasteiger partial charge in [0, 0.05) is 18.7 Å². The van der Waals surface area contributed by atoms with Crippen molar-refractivity contribution in [2.75, 3.05) is 0 Å². The maximum Gasteiger partial charge on any atom is 0.335 e. The van der Waals surface area contributed by atoms with Gasteiger partial charge in [-0.15, -0.1) is 0 Å². The van der Waals surface area contributed by atoms with Crippen LogP contribution >= 0.6 is 0 Å². The van der Waals surface area contributed by atoms with Crippen LogP contribution in [0.25, 0.3) is 5.65 Å². The third-order valence-corrected chi connectivity index (χ3v) is 6.42. The van der Waals surface area contributed by atoms with Crippen LogP contribution in [-0.2, 0) is 13.0 Å². The van der Waals surface area contributed by atoms with Gasteiger partial charge in [0.05, 0.1) is 17.8 Å². The number of carboxylic acid groups (broad SMARTS) is 1. The van der Waals surface area contributed by atoms with E-state index in [-0.39, 0.29) is 35.4 Å². The van der Waals surface area contributed by atoms with E-state index >= 15 is 0 Å². The number of nitrogens with one attached hydrogen (secondary N) is 2. The van der Waals surface area contributed by atoms with Gasteiger partial charge in [-0.25, -0.2) is 18.7 Å². The van der Waals surface area contributed by atoms with Gasteiger partial charge in [0.1, 0.15) is 17.2 Å². The molecule has 3 N–H and O–H groups in total. The topological polar surface area (TPSA) is 126 Å². The normalized spacial score (nSPS) is 14.4. The molecule has 4 aromatic rings. The smallest absolute Gasteiger partial charge is 0.335 e. The minimum Gasteiger partial charge on any atom is -0.478 e. The van der Waals surface area contributed by atoms with E-state index in [1.54, 1.807) is 37.3 Å². The van der Waals surface area contributed by atoms with Crippen molar-refractivity contribution >= 4 is 23.4 Å². The maximum absolute atomic E-state index is 13.2. The molecule has 0 aliphatic heterocycles. The highest BCUT2D eigenvalue weighted by atomic mass is 19.1. The average molecular weight is 487 g/mol. The Morgan fingerprint density at radius 2 is 1.89 bits per heavy atom. The number of nitrogens with zero attached hydrogens (tertiary/aromatic N) is 3. The third-order valence-electron chi connectivity index (χ3n) is 6.42. The van der Waals surface area contributed by atoms with Crippen molar-refractivity contribution in [3.8, 4) is 0 Å². The van der Waals surface area contributed by atoms with Gasteiger partial charge in [-0.3, -0.25) is 9.59 Å². The Labute approximate surface area is 205 Å². The van der Waals surface area contributed by atoms with Gasteiger partial charge < -0.3 is 15.7 Å². The summed E-state index contributed by atoms with van der Waals surface area (Å²) in [5.41, 5.74) is 4.01. The second kappa shape index (κ2) is 9.21. The summed E-state index contributed by atoms with van der Waals surface area (Å²) in [4.78, 5) is 41.9. The lowest BCUT2D eigenvalue weighted by molar-refractivity contribution is 0.0695. The largest absolute Gasteiger partial charge is 0.478 e. The van der Waals surface area contributed by atoms with E-state index in [1.165, 1.54) is 28.9 Å². The van der Waals surface area contributed by atoms with Crippen LogP contribution < -0.4 is 10.6 Å². The molecule has 36 heavy (non-hydrogen) atoms. The molecule has 2 aromatic heterocycles. The Bertz CT molecular complexity index is 1510. The molecule has 2 heterocycles. The molecule has 0 unspecified atom stereocenters. The summed E-state index contributed by atoms with van der Waals surface area (Å²) in [5.74, 6) is -2.27. The summed E-state index contributed by atoms with van der Waals surface area (Å²) in [7, 11) is 0. The number of aromatic nitrogens is 3. The Kier molecular flexibility index (Phi) is 5.93.